The van der Waals surface area contributed by atoms with E-state index < -0.39 is 11.6 Å². The fourth-order valence-electron chi connectivity index (χ4n) is 3.18. The molecule has 0 N–H and O–H groups in total. The fraction of sp³-hybridized carbons (Fsp3) is 0.600. The Hall–Kier alpha value is -0.480. The van der Waals surface area contributed by atoms with Gasteiger partial charge >= 0.3 is 0 Å². The molecule has 1 heterocycles. The van der Waals surface area contributed by atoms with Crippen molar-refractivity contribution in [3.05, 3.63) is 35.4 Å². The van der Waals surface area contributed by atoms with Gasteiger partial charge in [0.1, 0.15) is 11.6 Å². The lowest BCUT2D eigenvalue weighted by atomic mass is 9.75. The summed E-state index contributed by atoms with van der Waals surface area (Å²) >= 11 is 3.55. The Kier molecular flexibility index (Phi) is 3.65. The molecule has 0 amide bonds. The summed E-state index contributed by atoms with van der Waals surface area (Å²) < 4.78 is 33.6. The van der Waals surface area contributed by atoms with Crippen LogP contribution in [0.3, 0.4) is 0 Å². The number of alkyl halides is 1. The smallest absolute Gasteiger partial charge is 0.129 e. The molecule has 3 rings (SSSR count). The topological polar surface area (TPSA) is 9.23 Å². The van der Waals surface area contributed by atoms with Crippen LogP contribution in [-0.4, -0.2) is 18.0 Å². The third-order valence-corrected chi connectivity index (χ3v) is 5.52. The van der Waals surface area contributed by atoms with Gasteiger partial charge in [0.2, 0.25) is 0 Å². The van der Waals surface area contributed by atoms with Gasteiger partial charge in [-0.05, 0) is 43.7 Å². The minimum Gasteiger partial charge on any atom is -0.377 e. The first-order chi connectivity index (χ1) is 9.16. The van der Waals surface area contributed by atoms with Crippen molar-refractivity contribution in [1.82, 2.24) is 0 Å². The summed E-state index contributed by atoms with van der Waals surface area (Å²) in [5, 5.41) is 0.731. The van der Waals surface area contributed by atoms with Crippen LogP contribution in [0.1, 0.15) is 24.8 Å². The Morgan fingerprint density at radius 3 is 2.53 bits per heavy atom. The van der Waals surface area contributed by atoms with Gasteiger partial charge in [-0.25, -0.2) is 8.78 Å². The molecule has 2 atom stereocenters. The van der Waals surface area contributed by atoms with Crippen LogP contribution in [-0.2, 0) is 11.2 Å². The SMILES string of the molecule is Fc1cccc(F)c1CC1(CBr)CCOC1C1CC1. The van der Waals surface area contributed by atoms with Gasteiger partial charge in [0.25, 0.3) is 0 Å². The maximum Gasteiger partial charge on any atom is 0.129 e. The molecule has 1 aromatic rings. The van der Waals surface area contributed by atoms with E-state index in [0.29, 0.717) is 18.9 Å². The number of hydrogen-bond donors (Lipinski definition) is 0. The molecule has 1 aliphatic carbocycles. The zero-order valence-corrected chi connectivity index (χ0v) is 12.3. The molecule has 4 heteroatoms. The largest absolute Gasteiger partial charge is 0.377 e. The molecule has 2 unspecified atom stereocenters. The number of benzene rings is 1. The third-order valence-electron chi connectivity index (χ3n) is 4.41. The van der Waals surface area contributed by atoms with Crippen LogP contribution < -0.4 is 0 Å². The number of ether oxygens (including phenoxy) is 1. The fourth-order valence-corrected chi connectivity index (χ4v) is 3.97. The van der Waals surface area contributed by atoms with Crippen LogP contribution in [0.2, 0.25) is 0 Å². The van der Waals surface area contributed by atoms with Crippen molar-refractivity contribution in [3.8, 4) is 0 Å². The van der Waals surface area contributed by atoms with Crippen LogP contribution >= 0.6 is 15.9 Å². The predicted octanol–water partition coefficient (Wildman–Crippen LogP) is 4.09. The average molecular weight is 331 g/mol. The number of halogens is 3. The van der Waals surface area contributed by atoms with Crippen molar-refractivity contribution < 1.29 is 13.5 Å². The van der Waals surface area contributed by atoms with Gasteiger partial charge in [0.15, 0.2) is 0 Å². The monoisotopic (exact) mass is 330 g/mol. The summed E-state index contributed by atoms with van der Waals surface area (Å²) in [7, 11) is 0. The van der Waals surface area contributed by atoms with Crippen molar-refractivity contribution in [2.75, 3.05) is 11.9 Å². The highest BCUT2D eigenvalue weighted by atomic mass is 79.9. The lowest BCUT2D eigenvalue weighted by molar-refractivity contribution is 0.0407. The Bertz CT molecular complexity index is 455. The molecule has 0 radical (unpaired) electrons. The van der Waals surface area contributed by atoms with Gasteiger partial charge in [-0.3, -0.25) is 0 Å². The van der Waals surface area contributed by atoms with Crippen molar-refractivity contribution in [3.63, 3.8) is 0 Å². The Morgan fingerprint density at radius 2 is 1.95 bits per heavy atom. The lowest BCUT2D eigenvalue weighted by Gasteiger charge is -2.33. The molecule has 1 saturated heterocycles. The van der Waals surface area contributed by atoms with Gasteiger partial charge < -0.3 is 4.74 Å². The molecule has 0 aromatic heterocycles. The molecule has 0 spiro atoms. The molecule has 0 bridgehead atoms. The number of rotatable bonds is 4. The van der Waals surface area contributed by atoms with Crippen LogP contribution in [0.15, 0.2) is 18.2 Å². The second-order valence-corrected chi connectivity index (χ2v) is 6.31. The van der Waals surface area contributed by atoms with Crippen molar-refractivity contribution in [2.45, 2.75) is 31.8 Å². The maximum atomic E-state index is 13.9. The van der Waals surface area contributed by atoms with E-state index in [0.717, 1.165) is 11.8 Å². The van der Waals surface area contributed by atoms with Crippen molar-refractivity contribution in [2.24, 2.45) is 11.3 Å². The summed E-state index contributed by atoms with van der Waals surface area (Å²) in [5.41, 5.74) is 0.0441. The second kappa shape index (κ2) is 5.13. The molecule has 1 saturated carbocycles. The summed E-state index contributed by atoms with van der Waals surface area (Å²) in [5.74, 6) is -0.307. The van der Waals surface area contributed by atoms with Gasteiger partial charge in [-0.1, -0.05) is 22.0 Å². The molecular formula is C15H17BrF2O. The van der Waals surface area contributed by atoms with E-state index in [1.54, 1.807) is 0 Å². The Balaban J connectivity index is 1.90. The van der Waals surface area contributed by atoms with Gasteiger partial charge in [0, 0.05) is 22.9 Å². The minimum atomic E-state index is -0.443. The van der Waals surface area contributed by atoms with Crippen LogP contribution in [0.25, 0.3) is 0 Å². The van der Waals surface area contributed by atoms with Crippen LogP contribution in [0, 0.1) is 23.0 Å². The third kappa shape index (κ3) is 2.45. The summed E-state index contributed by atoms with van der Waals surface area (Å²) in [6, 6.07) is 4.09. The highest BCUT2D eigenvalue weighted by molar-refractivity contribution is 9.09. The molecular weight excluding hydrogens is 314 g/mol. The van der Waals surface area contributed by atoms with E-state index in [-0.39, 0.29) is 17.1 Å². The van der Waals surface area contributed by atoms with Crippen molar-refractivity contribution >= 4 is 15.9 Å². The Morgan fingerprint density at radius 1 is 1.26 bits per heavy atom. The van der Waals surface area contributed by atoms with E-state index in [1.165, 1.54) is 31.0 Å². The van der Waals surface area contributed by atoms with E-state index in [4.69, 9.17) is 4.74 Å². The number of hydrogen-bond acceptors (Lipinski definition) is 1. The molecule has 19 heavy (non-hydrogen) atoms. The summed E-state index contributed by atoms with van der Waals surface area (Å²) in [6.07, 6.45) is 3.79. The Labute approximate surface area is 120 Å². The lowest BCUT2D eigenvalue weighted by Crippen LogP contribution is -2.37. The van der Waals surface area contributed by atoms with Crippen LogP contribution in [0.4, 0.5) is 8.78 Å². The molecule has 1 aliphatic heterocycles. The highest BCUT2D eigenvalue weighted by Crippen LogP contribution is 2.50. The second-order valence-electron chi connectivity index (χ2n) is 5.75. The van der Waals surface area contributed by atoms with Gasteiger partial charge in [-0.15, -0.1) is 0 Å². The first-order valence-electron chi connectivity index (χ1n) is 6.77. The summed E-state index contributed by atoms with van der Waals surface area (Å²) in [6.45, 7) is 0.697. The predicted molar refractivity (Wildman–Crippen MR) is 73.4 cm³/mol. The van der Waals surface area contributed by atoms with E-state index in [2.05, 4.69) is 15.9 Å². The first-order valence-corrected chi connectivity index (χ1v) is 7.89. The standard InChI is InChI=1S/C15H17BrF2O/c16-9-15(6-7-19-14(15)10-4-5-10)8-11-12(17)2-1-3-13(11)18/h1-3,10,14H,4-9H2. The molecule has 104 valence electrons. The first kappa shape index (κ1) is 13.5. The van der Waals surface area contributed by atoms with Gasteiger partial charge in [-0.2, -0.15) is 0 Å². The normalized spacial score (nSPS) is 30.8. The minimum absolute atomic E-state index is 0.144. The highest BCUT2D eigenvalue weighted by Gasteiger charge is 2.50. The van der Waals surface area contributed by atoms with Gasteiger partial charge in [0.05, 0.1) is 6.10 Å². The zero-order chi connectivity index (χ0) is 13.5. The molecule has 2 fully saturated rings. The van der Waals surface area contributed by atoms with Crippen LogP contribution in [0.5, 0.6) is 0 Å². The summed E-state index contributed by atoms with van der Waals surface area (Å²) in [4.78, 5) is 0. The maximum absolute atomic E-state index is 13.9. The van der Waals surface area contributed by atoms with E-state index in [1.807, 2.05) is 0 Å². The average Bonchev–Trinajstić information content (AvgIpc) is 3.15. The van der Waals surface area contributed by atoms with E-state index in [9.17, 15) is 8.78 Å². The molecule has 1 nitrogen and oxygen atoms in total. The van der Waals surface area contributed by atoms with Crippen molar-refractivity contribution in [1.29, 1.82) is 0 Å². The van der Waals surface area contributed by atoms with E-state index >= 15 is 0 Å². The molecule has 1 aromatic carbocycles. The quantitative estimate of drug-likeness (QED) is 0.755. The zero-order valence-electron chi connectivity index (χ0n) is 10.7. The molecule has 2 aliphatic rings.